The summed E-state index contributed by atoms with van der Waals surface area (Å²) < 4.78 is 5.17. The average molecular weight is 196 g/mol. The molecule has 0 aliphatic heterocycles. The van der Waals surface area contributed by atoms with Crippen LogP contribution in [0.15, 0.2) is 10.6 Å². The quantitative estimate of drug-likeness (QED) is 0.759. The van der Waals surface area contributed by atoms with E-state index in [1.165, 1.54) is 12.8 Å². The van der Waals surface area contributed by atoms with Crippen molar-refractivity contribution in [3.05, 3.63) is 17.5 Å². The maximum Gasteiger partial charge on any atom is 0.150 e. The molecule has 1 aromatic rings. The highest BCUT2D eigenvalue weighted by Crippen LogP contribution is 2.04. The molecule has 3 nitrogen and oxygen atoms in total. The minimum Gasteiger partial charge on any atom is -0.360 e. The standard InChI is InChI=1S/C11H20N2O/c1-4-6-9(3)12-8-11-7-10(5-2)13-14-11/h7,9,12H,4-6,8H2,1-3H3. The van der Waals surface area contributed by atoms with E-state index in [2.05, 4.69) is 31.2 Å². The van der Waals surface area contributed by atoms with Gasteiger partial charge in [0.25, 0.3) is 0 Å². The third kappa shape index (κ3) is 3.50. The normalized spacial score (nSPS) is 13.1. The highest BCUT2D eigenvalue weighted by atomic mass is 16.5. The summed E-state index contributed by atoms with van der Waals surface area (Å²) in [6, 6.07) is 2.57. The fourth-order valence-corrected chi connectivity index (χ4v) is 1.42. The molecule has 0 saturated carbocycles. The van der Waals surface area contributed by atoms with Gasteiger partial charge in [-0.05, 0) is 19.8 Å². The Balaban J connectivity index is 2.30. The number of nitrogens with one attached hydrogen (secondary N) is 1. The van der Waals surface area contributed by atoms with Gasteiger partial charge in [-0.2, -0.15) is 0 Å². The van der Waals surface area contributed by atoms with Crippen LogP contribution in [0.5, 0.6) is 0 Å². The van der Waals surface area contributed by atoms with E-state index in [0.717, 1.165) is 24.4 Å². The Kier molecular flexibility index (Phi) is 4.66. The van der Waals surface area contributed by atoms with Gasteiger partial charge in [-0.3, -0.25) is 0 Å². The minimum atomic E-state index is 0.551. The Labute approximate surface area is 85.9 Å². The fraction of sp³-hybridized carbons (Fsp3) is 0.727. The van der Waals surface area contributed by atoms with Crippen LogP contribution < -0.4 is 5.32 Å². The molecule has 1 unspecified atom stereocenters. The predicted octanol–water partition coefficient (Wildman–Crippen LogP) is 2.52. The maximum absolute atomic E-state index is 5.17. The van der Waals surface area contributed by atoms with Crippen LogP contribution in [0, 0.1) is 0 Å². The van der Waals surface area contributed by atoms with Gasteiger partial charge in [-0.15, -0.1) is 0 Å². The Morgan fingerprint density at radius 1 is 1.50 bits per heavy atom. The van der Waals surface area contributed by atoms with Crippen LogP contribution in [0.3, 0.4) is 0 Å². The summed E-state index contributed by atoms with van der Waals surface area (Å²) in [5.41, 5.74) is 1.03. The van der Waals surface area contributed by atoms with Crippen LogP contribution in [0.4, 0.5) is 0 Å². The zero-order valence-corrected chi connectivity index (χ0v) is 9.34. The molecule has 0 radical (unpaired) electrons. The van der Waals surface area contributed by atoms with Crippen molar-refractivity contribution in [1.29, 1.82) is 0 Å². The average Bonchev–Trinajstić information content (AvgIpc) is 2.63. The van der Waals surface area contributed by atoms with Gasteiger partial charge in [0, 0.05) is 12.1 Å². The molecule has 1 heterocycles. The van der Waals surface area contributed by atoms with Crippen LogP contribution in [0.2, 0.25) is 0 Å². The number of nitrogens with zero attached hydrogens (tertiary/aromatic N) is 1. The van der Waals surface area contributed by atoms with Crippen molar-refractivity contribution >= 4 is 0 Å². The molecule has 80 valence electrons. The van der Waals surface area contributed by atoms with E-state index in [1.807, 2.05) is 6.07 Å². The zero-order valence-electron chi connectivity index (χ0n) is 9.34. The van der Waals surface area contributed by atoms with Gasteiger partial charge in [0.05, 0.1) is 12.2 Å². The number of hydrogen-bond acceptors (Lipinski definition) is 3. The Morgan fingerprint density at radius 3 is 2.86 bits per heavy atom. The minimum absolute atomic E-state index is 0.551. The lowest BCUT2D eigenvalue weighted by Gasteiger charge is -2.10. The molecule has 1 N–H and O–H groups in total. The van der Waals surface area contributed by atoms with Crippen molar-refractivity contribution in [3.63, 3.8) is 0 Å². The predicted molar refractivity (Wildman–Crippen MR) is 57.1 cm³/mol. The van der Waals surface area contributed by atoms with Gasteiger partial charge in [0.15, 0.2) is 5.76 Å². The summed E-state index contributed by atoms with van der Waals surface area (Å²) in [7, 11) is 0. The summed E-state index contributed by atoms with van der Waals surface area (Å²) in [4.78, 5) is 0. The Morgan fingerprint density at radius 2 is 2.29 bits per heavy atom. The van der Waals surface area contributed by atoms with E-state index in [9.17, 15) is 0 Å². The molecule has 1 rings (SSSR count). The number of hydrogen-bond donors (Lipinski definition) is 1. The lowest BCUT2D eigenvalue weighted by Crippen LogP contribution is -2.24. The van der Waals surface area contributed by atoms with Crippen molar-refractivity contribution < 1.29 is 4.52 Å². The summed E-state index contributed by atoms with van der Waals surface area (Å²) in [6.45, 7) is 7.26. The lowest BCUT2D eigenvalue weighted by atomic mass is 10.2. The van der Waals surface area contributed by atoms with Crippen LogP contribution in [0.1, 0.15) is 45.1 Å². The van der Waals surface area contributed by atoms with Gasteiger partial charge in [-0.25, -0.2) is 0 Å². The molecule has 1 atom stereocenters. The monoisotopic (exact) mass is 196 g/mol. The molecule has 0 bridgehead atoms. The summed E-state index contributed by atoms with van der Waals surface area (Å²) in [5.74, 6) is 0.935. The van der Waals surface area contributed by atoms with Gasteiger partial charge in [0.1, 0.15) is 0 Å². The molecule has 14 heavy (non-hydrogen) atoms. The topological polar surface area (TPSA) is 38.1 Å². The van der Waals surface area contributed by atoms with Crippen LogP contribution >= 0.6 is 0 Å². The molecule has 3 heteroatoms. The Bertz CT molecular complexity index is 258. The largest absolute Gasteiger partial charge is 0.360 e. The third-order valence-electron chi connectivity index (χ3n) is 2.32. The molecule has 0 aliphatic rings. The molecule has 0 aliphatic carbocycles. The number of aromatic nitrogens is 1. The van der Waals surface area contributed by atoms with Gasteiger partial charge in [0.2, 0.25) is 0 Å². The van der Waals surface area contributed by atoms with Gasteiger partial charge < -0.3 is 9.84 Å². The number of aryl methyl sites for hydroxylation is 1. The summed E-state index contributed by atoms with van der Waals surface area (Å²) in [6.07, 6.45) is 3.35. The second-order valence-corrected chi connectivity index (χ2v) is 3.71. The first-order valence-corrected chi connectivity index (χ1v) is 5.44. The molecular formula is C11H20N2O. The van der Waals surface area contributed by atoms with Crippen molar-refractivity contribution in [1.82, 2.24) is 10.5 Å². The van der Waals surface area contributed by atoms with E-state index in [1.54, 1.807) is 0 Å². The molecule has 0 saturated heterocycles. The van der Waals surface area contributed by atoms with Gasteiger partial charge >= 0.3 is 0 Å². The van der Waals surface area contributed by atoms with Gasteiger partial charge in [-0.1, -0.05) is 25.4 Å². The summed E-state index contributed by atoms with van der Waals surface area (Å²) in [5, 5.41) is 7.35. The zero-order chi connectivity index (χ0) is 10.4. The highest BCUT2D eigenvalue weighted by molar-refractivity contribution is 5.04. The first kappa shape index (κ1) is 11.2. The molecule has 0 aromatic carbocycles. The second-order valence-electron chi connectivity index (χ2n) is 3.71. The molecule has 0 spiro atoms. The molecule has 0 amide bonds. The van der Waals surface area contributed by atoms with Crippen LogP contribution in [-0.2, 0) is 13.0 Å². The SMILES string of the molecule is CCCC(C)NCc1cc(CC)no1. The van der Waals surface area contributed by atoms with E-state index in [-0.39, 0.29) is 0 Å². The first-order valence-electron chi connectivity index (χ1n) is 5.44. The smallest absolute Gasteiger partial charge is 0.150 e. The van der Waals surface area contributed by atoms with E-state index in [0.29, 0.717) is 6.04 Å². The molecule has 1 aromatic heterocycles. The number of rotatable bonds is 6. The van der Waals surface area contributed by atoms with E-state index >= 15 is 0 Å². The van der Waals surface area contributed by atoms with Crippen molar-refractivity contribution in [2.45, 2.75) is 52.6 Å². The summed E-state index contributed by atoms with van der Waals surface area (Å²) >= 11 is 0. The van der Waals surface area contributed by atoms with Crippen molar-refractivity contribution in [3.8, 4) is 0 Å². The second kappa shape index (κ2) is 5.81. The van der Waals surface area contributed by atoms with E-state index in [4.69, 9.17) is 4.52 Å². The van der Waals surface area contributed by atoms with E-state index < -0.39 is 0 Å². The van der Waals surface area contributed by atoms with Crippen LogP contribution in [-0.4, -0.2) is 11.2 Å². The third-order valence-corrected chi connectivity index (χ3v) is 2.32. The molecule has 0 fully saturated rings. The lowest BCUT2D eigenvalue weighted by molar-refractivity contribution is 0.358. The Hall–Kier alpha value is -0.830. The van der Waals surface area contributed by atoms with Crippen molar-refractivity contribution in [2.24, 2.45) is 0 Å². The fourth-order valence-electron chi connectivity index (χ4n) is 1.42. The van der Waals surface area contributed by atoms with Crippen LogP contribution in [0.25, 0.3) is 0 Å². The van der Waals surface area contributed by atoms with Crippen molar-refractivity contribution in [2.75, 3.05) is 0 Å². The molecular weight excluding hydrogens is 176 g/mol. The first-order chi connectivity index (χ1) is 6.76. The maximum atomic E-state index is 5.17. The highest BCUT2D eigenvalue weighted by Gasteiger charge is 2.04.